The first-order chi connectivity index (χ1) is 8.49. The molecule has 1 atom stereocenters. The van der Waals surface area contributed by atoms with Gasteiger partial charge in [-0.3, -0.25) is 4.79 Å². The van der Waals surface area contributed by atoms with Gasteiger partial charge < -0.3 is 16.2 Å². The number of halogens is 2. The van der Waals surface area contributed by atoms with Crippen molar-refractivity contribution in [2.75, 3.05) is 12.3 Å². The molecule has 0 bridgehead atoms. The highest BCUT2D eigenvalue weighted by Crippen LogP contribution is 2.32. The Morgan fingerprint density at radius 1 is 1.50 bits per heavy atom. The Kier molecular flexibility index (Phi) is 4.00. The third-order valence-corrected chi connectivity index (χ3v) is 3.77. The number of carbonyl (C=O) groups is 1. The number of amides is 1. The van der Waals surface area contributed by atoms with Crippen molar-refractivity contribution in [2.24, 2.45) is 5.92 Å². The number of hydrogen-bond acceptors (Lipinski definition) is 3. The van der Waals surface area contributed by atoms with E-state index in [0.29, 0.717) is 11.5 Å². The molecule has 0 radical (unpaired) electrons. The van der Waals surface area contributed by atoms with Crippen molar-refractivity contribution in [3.8, 4) is 0 Å². The second-order valence-corrected chi connectivity index (χ2v) is 5.26. The zero-order valence-corrected chi connectivity index (χ0v) is 11.1. The molecule has 1 unspecified atom stereocenters. The highest BCUT2D eigenvalue weighted by molar-refractivity contribution is 6.43. The fourth-order valence-corrected chi connectivity index (χ4v) is 2.02. The predicted molar refractivity (Wildman–Crippen MR) is 71.9 cm³/mol. The lowest BCUT2D eigenvalue weighted by Crippen LogP contribution is -2.33. The van der Waals surface area contributed by atoms with Gasteiger partial charge in [0.25, 0.3) is 5.91 Å². The van der Waals surface area contributed by atoms with E-state index in [4.69, 9.17) is 28.9 Å². The highest BCUT2D eigenvalue weighted by Gasteiger charge is 2.29. The molecule has 0 heterocycles. The summed E-state index contributed by atoms with van der Waals surface area (Å²) < 4.78 is 0. The van der Waals surface area contributed by atoms with Crippen LogP contribution >= 0.6 is 23.2 Å². The van der Waals surface area contributed by atoms with Gasteiger partial charge in [-0.25, -0.2) is 0 Å². The van der Waals surface area contributed by atoms with Gasteiger partial charge in [0.15, 0.2) is 0 Å². The molecule has 1 amide bonds. The second-order valence-electron chi connectivity index (χ2n) is 4.48. The smallest absolute Gasteiger partial charge is 0.251 e. The lowest BCUT2D eigenvalue weighted by Gasteiger charge is -2.11. The number of aliphatic hydroxyl groups excluding tert-OH is 1. The van der Waals surface area contributed by atoms with Gasteiger partial charge in [0.05, 0.1) is 21.8 Å². The normalized spacial score (nSPS) is 16.4. The van der Waals surface area contributed by atoms with Gasteiger partial charge in [0, 0.05) is 12.1 Å². The fourth-order valence-electron chi connectivity index (χ4n) is 1.69. The van der Waals surface area contributed by atoms with Crippen molar-refractivity contribution in [1.29, 1.82) is 0 Å². The van der Waals surface area contributed by atoms with Gasteiger partial charge >= 0.3 is 0 Å². The van der Waals surface area contributed by atoms with E-state index in [2.05, 4.69) is 5.32 Å². The Labute approximate surface area is 115 Å². The standard InChI is InChI=1S/C12H14Cl2N2O2/c13-8-3-7(4-9(15)11(8)14)12(18)16-5-10(17)6-1-2-6/h3-4,6,10,17H,1-2,5,15H2,(H,16,18). The number of nitrogens with two attached hydrogens (primary N) is 1. The van der Waals surface area contributed by atoms with Crippen LogP contribution in [0.4, 0.5) is 5.69 Å². The average molecular weight is 289 g/mol. The molecule has 0 spiro atoms. The maximum atomic E-state index is 11.8. The largest absolute Gasteiger partial charge is 0.397 e. The van der Waals surface area contributed by atoms with Crippen LogP contribution in [0, 0.1) is 5.92 Å². The third-order valence-electron chi connectivity index (χ3n) is 2.96. The zero-order valence-electron chi connectivity index (χ0n) is 9.62. The molecule has 1 saturated carbocycles. The molecule has 0 saturated heterocycles. The number of aliphatic hydroxyl groups is 1. The van der Waals surface area contributed by atoms with Crippen LogP contribution < -0.4 is 11.1 Å². The monoisotopic (exact) mass is 288 g/mol. The summed E-state index contributed by atoms with van der Waals surface area (Å²) in [5.41, 5.74) is 6.23. The van der Waals surface area contributed by atoms with Gasteiger partial charge in [0.2, 0.25) is 0 Å². The van der Waals surface area contributed by atoms with Crippen LogP contribution in [0.3, 0.4) is 0 Å². The SMILES string of the molecule is Nc1cc(C(=O)NCC(O)C2CC2)cc(Cl)c1Cl. The van der Waals surface area contributed by atoms with E-state index in [1.54, 1.807) is 0 Å². The van der Waals surface area contributed by atoms with Gasteiger partial charge in [-0.05, 0) is 30.9 Å². The van der Waals surface area contributed by atoms with Crippen LogP contribution in [0.1, 0.15) is 23.2 Å². The average Bonchev–Trinajstić information content (AvgIpc) is 3.16. The third kappa shape index (κ3) is 3.07. The molecule has 0 aromatic heterocycles. The topological polar surface area (TPSA) is 75.4 Å². The first-order valence-corrected chi connectivity index (χ1v) is 6.45. The molecule has 4 N–H and O–H groups in total. The first-order valence-electron chi connectivity index (χ1n) is 5.70. The number of anilines is 1. The summed E-state index contributed by atoms with van der Waals surface area (Å²) in [4.78, 5) is 11.8. The Balaban J connectivity index is 1.99. The number of carbonyl (C=O) groups excluding carboxylic acids is 1. The van der Waals surface area contributed by atoms with E-state index in [1.807, 2.05) is 0 Å². The minimum atomic E-state index is -0.478. The van der Waals surface area contributed by atoms with Gasteiger partial charge in [-0.1, -0.05) is 23.2 Å². The fraction of sp³-hybridized carbons (Fsp3) is 0.417. The van der Waals surface area contributed by atoms with Crippen LogP contribution in [0.25, 0.3) is 0 Å². The molecule has 4 nitrogen and oxygen atoms in total. The molecule has 98 valence electrons. The van der Waals surface area contributed by atoms with Crippen LogP contribution in [-0.2, 0) is 0 Å². The summed E-state index contributed by atoms with van der Waals surface area (Å²) >= 11 is 11.6. The summed E-state index contributed by atoms with van der Waals surface area (Å²) in [6, 6.07) is 2.92. The molecule has 2 rings (SSSR count). The summed E-state index contributed by atoms with van der Waals surface area (Å²) in [5.74, 6) is 0.00384. The number of nitrogens with one attached hydrogen (secondary N) is 1. The first kappa shape index (κ1) is 13.5. The predicted octanol–water partition coefficient (Wildman–Crippen LogP) is 2.08. The number of hydrogen-bond donors (Lipinski definition) is 3. The van der Waals surface area contributed by atoms with Crippen molar-refractivity contribution in [3.05, 3.63) is 27.7 Å². The van der Waals surface area contributed by atoms with E-state index in [1.165, 1.54) is 12.1 Å². The number of benzene rings is 1. The maximum Gasteiger partial charge on any atom is 0.251 e. The van der Waals surface area contributed by atoms with Crippen molar-refractivity contribution in [2.45, 2.75) is 18.9 Å². The summed E-state index contributed by atoms with van der Waals surface area (Å²) in [6.07, 6.45) is 1.57. The van der Waals surface area contributed by atoms with Crippen LogP contribution in [-0.4, -0.2) is 23.7 Å². The van der Waals surface area contributed by atoms with Gasteiger partial charge in [-0.15, -0.1) is 0 Å². The zero-order chi connectivity index (χ0) is 13.3. The Bertz CT molecular complexity index is 452. The van der Waals surface area contributed by atoms with Gasteiger partial charge in [-0.2, -0.15) is 0 Å². The van der Waals surface area contributed by atoms with Crippen molar-refractivity contribution in [1.82, 2.24) is 5.32 Å². The highest BCUT2D eigenvalue weighted by atomic mass is 35.5. The Hall–Kier alpha value is -0.970. The molecule has 1 aliphatic carbocycles. The molecule has 6 heteroatoms. The summed E-state index contributed by atoms with van der Waals surface area (Å²) in [5, 5.41) is 12.8. The Morgan fingerprint density at radius 2 is 2.17 bits per heavy atom. The van der Waals surface area contributed by atoms with E-state index < -0.39 is 6.10 Å². The van der Waals surface area contributed by atoms with Crippen LogP contribution in [0.5, 0.6) is 0 Å². The molecule has 1 fully saturated rings. The van der Waals surface area contributed by atoms with E-state index in [-0.39, 0.29) is 28.2 Å². The molecule has 1 aromatic rings. The van der Waals surface area contributed by atoms with Crippen LogP contribution in [0.15, 0.2) is 12.1 Å². The second kappa shape index (κ2) is 5.34. The maximum absolute atomic E-state index is 11.8. The molecule has 18 heavy (non-hydrogen) atoms. The van der Waals surface area contributed by atoms with Crippen molar-refractivity contribution in [3.63, 3.8) is 0 Å². The Morgan fingerprint density at radius 3 is 2.72 bits per heavy atom. The number of rotatable bonds is 4. The number of nitrogen functional groups attached to an aromatic ring is 1. The quantitative estimate of drug-likeness (QED) is 0.743. The molecule has 1 aliphatic rings. The molecule has 0 aliphatic heterocycles. The lowest BCUT2D eigenvalue weighted by atomic mass is 10.1. The minimum Gasteiger partial charge on any atom is -0.397 e. The van der Waals surface area contributed by atoms with E-state index in [0.717, 1.165) is 12.8 Å². The van der Waals surface area contributed by atoms with Crippen LogP contribution in [0.2, 0.25) is 10.0 Å². The molecule has 1 aromatic carbocycles. The van der Waals surface area contributed by atoms with Crippen molar-refractivity contribution < 1.29 is 9.90 Å². The van der Waals surface area contributed by atoms with Crippen molar-refractivity contribution >= 4 is 34.8 Å². The van der Waals surface area contributed by atoms with E-state index in [9.17, 15) is 9.90 Å². The lowest BCUT2D eigenvalue weighted by molar-refractivity contribution is 0.0901. The molecular weight excluding hydrogens is 275 g/mol. The summed E-state index contributed by atoms with van der Waals surface area (Å²) in [7, 11) is 0. The van der Waals surface area contributed by atoms with Gasteiger partial charge in [0.1, 0.15) is 0 Å². The summed E-state index contributed by atoms with van der Waals surface area (Å²) in [6.45, 7) is 0.240. The molecular formula is C12H14Cl2N2O2. The minimum absolute atomic E-state index is 0.240. The van der Waals surface area contributed by atoms with E-state index >= 15 is 0 Å².